The summed E-state index contributed by atoms with van der Waals surface area (Å²) >= 11 is 0. The smallest absolute Gasteiger partial charge is 0.222 e. The van der Waals surface area contributed by atoms with Crippen molar-refractivity contribution < 1.29 is 18.7 Å². The van der Waals surface area contributed by atoms with Crippen LogP contribution in [0.5, 0.6) is 0 Å². The molecule has 1 fully saturated rings. The van der Waals surface area contributed by atoms with Crippen LogP contribution in [-0.4, -0.2) is 45.4 Å². The Morgan fingerprint density at radius 2 is 2.04 bits per heavy atom. The molecule has 6 heteroatoms. The van der Waals surface area contributed by atoms with Gasteiger partial charge in [-0.2, -0.15) is 0 Å². The Bertz CT molecular complexity index is 497. The van der Waals surface area contributed by atoms with Crippen LogP contribution in [0, 0.1) is 5.82 Å². The van der Waals surface area contributed by atoms with Crippen LogP contribution in [0.25, 0.3) is 0 Å². The number of hydrogen-bond acceptors (Lipinski definition) is 4. The maximum atomic E-state index is 13.2. The molecule has 1 heterocycles. The maximum Gasteiger partial charge on any atom is 0.222 e. The standard InChI is InChI=1S/C17H25FN2O3/c1-22-15(11-19)10-16(21)20-12-17(6-8-23-9-7-17)13-2-4-14(18)5-3-13/h2-5,15H,6-12,19H2,1H3,(H,20,21). The highest BCUT2D eigenvalue weighted by Crippen LogP contribution is 2.34. The van der Waals surface area contributed by atoms with E-state index < -0.39 is 0 Å². The molecule has 2 rings (SSSR count). The molecule has 1 aliphatic rings. The molecule has 23 heavy (non-hydrogen) atoms. The second-order valence-corrected chi connectivity index (χ2v) is 5.97. The second-order valence-electron chi connectivity index (χ2n) is 5.97. The summed E-state index contributed by atoms with van der Waals surface area (Å²) in [5.74, 6) is -0.346. The lowest BCUT2D eigenvalue weighted by Crippen LogP contribution is -2.45. The molecule has 1 amide bonds. The first kappa shape index (κ1) is 17.8. The third kappa shape index (κ3) is 4.73. The zero-order valence-electron chi connectivity index (χ0n) is 13.5. The van der Waals surface area contributed by atoms with E-state index in [-0.39, 0.29) is 29.7 Å². The fourth-order valence-electron chi connectivity index (χ4n) is 2.94. The van der Waals surface area contributed by atoms with E-state index in [9.17, 15) is 9.18 Å². The summed E-state index contributed by atoms with van der Waals surface area (Å²) in [6.45, 7) is 2.08. The molecule has 0 radical (unpaired) electrons. The van der Waals surface area contributed by atoms with Gasteiger partial charge < -0.3 is 20.5 Å². The number of methoxy groups -OCH3 is 1. The van der Waals surface area contributed by atoms with Gasteiger partial charge in [-0.3, -0.25) is 4.79 Å². The number of benzene rings is 1. The predicted octanol–water partition coefficient (Wildman–Crippen LogP) is 1.35. The number of halogens is 1. The molecular weight excluding hydrogens is 299 g/mol. The van der Waals surface area contributed by atoms with Gasteiger partial charge in [0.15, 0.2) is 0 Å². The van der Waals surface area contributed by atoms with Crippen LogP contribution in [0.2, 0.25) is 0 Å². The highest BCUT2D eigenvalue weighted by molar-refractivity contribution is 5.76. The number of carbonyl (C=O) groups excluding carboxylic acids is 1. The van der Waals surface area contributed by atoms with Crippen molar-refractivity contribution in [2.24, 2.45) is 5.73 Å². The van der Waals surface area contributed by atoms with Gasteiger partial charge in [-0.25, -0.2) is 4.39 Å². The molecule has 1 aromatic carbocycles. The van der Waals surface area contributed by atoms with Gasteiger partial charge in [0, 0.05) is 38.8 Å². The molecule has 0 aliphatic carbocycles. The SMILES string of the molecule is COC(CN)CC(=O)NCC1(c2ccc(F)cc2)CCOCC1. The third-order valence-corrected chi connectivity index (χ3v) is 4.54. The van der Waals surface area contributed by atoms with Gasteiger partial charge in [0.2, 0.25) is 5.91 Å². The first-order chi connectivity index (χ1) is 11.1. The van der Waals surface area contributed by atoms with Gasteiger partial charge in [0.25, 0.3) is 0 Å². The predicted molar refractivity (Wildman–Crippen MR) is 85.6 cm³/mol. The van der Waals surface area contributed by atoms with E-state index in [1.54, 1.807) is 19.2 Å². The average Bonchev–Trinajstić information content (AvgIpc) is 2.59. The van der Waals surface area contributed by atoms with Crippen LogP contribution in [0.3, 0.4) is 0 Å². The van der Waals surface area contributed by atoms with Crippen LogP contribution in [-0.2, 0) is 19.7 Å². The molecule has 1 atom stereocenters. The zero-order chi connectivity index (χ0) is 16.7. The molecular formula is C17H25FN2O3. The maximum absolute atomic E-state index is 13.2. The van der Waals surface area contributed by atoms with E-state index in [2.05, 4.69) is 5.32 Å². The van der Waals surface area contributed by atoms with Crippen molar-refractivity contribution in [1.82, 2.24) is 5.32 Å². The number of nitrogens with one attached hydrogen (secondary N) is 1. The zero-order valence-corrected chi connectivity index (χ0v) is 13.5. The van der Waals surface area contributed by atoms with Crippen molar-refractivity contribution in [2.45, 2.75) is 30.8 Å². The second kappa shape index (κ2) is 8.38. The molecule has 1 saturated heterocycles. The van der Waals surface area contributed by atoms with Crippen LogP contribution < -0.4 is 11.1 Å². The van der Waals surface area contributed by atoms with E-state index >= 15 is 0 Å². The van der Waals surface area contributed by atoms with Crippen LogP contribution >= 0.6 is 0 Å². The minimum Gasteiger partial charge on any atom is -0.381 e. The van der Waals surface area contributed by atoms with Crippen molar-refractivity contribution in [3.63, 3.8) is 0 Å². The van der Waals surface area contributed by atoms with Gasteiger partial charge in [-0.05, 0) is 30.5 Å². The molecule has 1 aromatic rings. The molecule has 128 valence electrons. The summed E-state index contributed by atoms with van der Waals surface area (Å²) in [5, 5.41) is 2.98. The Morgan fingerprint density at radius 3 is 2.61 bits per heavy atom. The van der Waals surface area contributed by atoms with Crippen molar-refractivity contribution in [1.29, 1.82) is 0 Å². The highest BCUT2D eigenvalue weighted by atomic mass is 19.1. The summed E-state index contributed by atoms with van der Waals surface area (Å²) in [6, 6.07) is 6.52. The Labute approximate surface area is 136 Å². The molecule has 0 saturated carbocycles. The van der Waals surface area contributed by atoms with Gasteiger partial charge in [0.05, 0.1) is 12.5 Å². The Hall–Kier alpha value is -1.50. The largest absolute Gasteiger partial charge is 0.381 e. The summed E-state index contributed by atoms with van der Waals surface area (Å²) < 4.78 is 23.8. The topological polar surface area (TPSA) is 73.6 Å². The quantitative estimate of drug-likeness (QED) is 0.794. The molecule has 0 aromatic heterocycles. The van der Waals surface area contributed by atoms with Crippen molar-refractivity contribution in [3.05, 3.63) is 35.6 Å². The van der Waals surface area contributed by atoms with E-state index in [4.69, 9.17) is 15.2 Å². The minimum absolute atomic E-state index is 0.0877. The summed E-state index contributed by atoms with van der Waals surface area (Å²) in [4.78, 5) is 12.1. The monoisotopic (exact) mass is 324 g/mol. The number of rotatable bonds is 7. The first-order valence-electron chi connectivity index (χ1n) is 7.93. The number of nitrogens with two attached hydrogens (primary N) is 1. The lowest BCUT2D eigenvalue weighted by molar-refractivity contribution is -0.123. The normalized spacial score (nSPS) is 18.4. The fourth-order valence-corrected chi connectivity index (χ4v) is 2.94. The highest BCUT2D eigenvalue weighted by Gasteiger charge is 2.35. The van der Waals surface area contributed by atoms with Crippen molar-refractivity contribution in [3.8, 4) is 0 Å². The van der Waals surface area contributed by atoms with Crippen LogP contribution in [0.1, 0.15) is 24.8 Å². The third-order valence-electron chi connectivity index (χ3n) is 4.54. The summed E-state index contributed by atoms with van der Waals surface area (Å²) in [5.41, 5.74) is 6.36. The number of ether oxygens (including phenoxy) is 2. The summed E-state index contributed by atoms with van der Waals surface area (Å²) in [6.07, 6.45) is 1.56. The van der Waals surface area contributed by atoms with Crippen molar-refractivity contribution in [2.75, 3.05) is 33.4 Å². The Morgan fingerprint density at radius 1 is 1.39 bits per heavy atom. The minimum atomic E-state index is -0.272. The molecule has 1 aliphatic heterocycles. The van der Waals surface area contributed by atoms with Gasteiger partial charge in [-0.15, -0.1) is 0 Å². The Balaban J connectivity index is 2.04. The van der Waals surface area contributed by atoms with Gasteiger partial charge >= 0.3 is 0 Å². The molecule has 5 nitrogen and oxygen atoms in total. The molecule has 0 bridgehead atoms. The van der Waals surface area contributed by atoms with Gasteiger partial charge in [-0.1, -0.05) is 12.1 Å². The van der Waals surface area contributed by atoms with E-state index in [0.717, 1.165) is 18.4 Å². The van der Waals surface area contributed by atoms with Gasteiger partial charge in [0.1, 0.15) is 5.82 Å². The van der Waals surface area contributed by atoms with Crippen LogP contribution in [0.15, 0.2) is 24.3 Å². The summed E-state index contributed by atoms with van der Waals surface area (Å²) in [7, 11) is 1.54. The fraction of sp³-hybridized carbons (Fsp3) is 0.588. The van der Waals surface area contributed by atoms with E-state index in [0.29, 0.717) is 26.3 Å². The number of carbonyl (C=O) groups is 1. The lowest BCUT2D eigenvalue weighted by atomic mass is 9.74. The number of hydrogen-bond donors (Lipinski definition) is 2. The van der Waals surface area contributed by atoms with Crippen molar-refractivity contribution >= 4 is 5.91 Å². The van der Waals surface area contributed by atoms with E-state index in [1.807, 2.05) is 0 Å². The van der Waals surface area contributed by atoms with Crippen LogP contribution in [0.4, 0.5) is 4.39 Å². The lowest BCUT2D eigenvalue weighted by Gasteiger charge is -2.38. The Kier molecular flexibility index (Phi) is 6.50. The molecule has 0 spiro atoms. The number of amides is 1. The average molecular weight is 324 g/mol. The first-order valence-corrected chi connectivity index (χ1v) is 7.93. The molecule has 3 N–H and O–H groups in total. The molecule has 1 unspecified atom stereocenters. The van der Waals surface area contributed by atoms with E-state index in [1.165, 1.54) is 12.1 Å².